The van der Waals surface area contributed by atoms with Crippen LogP contribution in [-0.2, 0) is 4.74 Å². The summed E-state index contributed by atoms with van der Waals surface area (Å²) < 4.78 is 39.0. The molecule has 0 saturated carbocycles. The second-order valence-corrected chi connectivity index (χ2v) is 1.68. The van der Waals surface area contributed by atoms with E-state index in [0.717, 1.165) is 13.2 Å². The molecule has 2 nitrogen and oxygen atoms in total. The zero-order valence-electron chi connectivity index (χ0n) is 5.27. The molecule has 0 aliphatic carbocycles. The van der Waals surface area contributed by atoms with Gasteiger partial charge in [0, 0.05) is 7.11 Å². The summed E-state index contributed by atoms with van der Waals surface area (Å²) in [5.74, 6) is -2.00. The number of nitriles is 1. The van der Waals surface area contributed by atoms with Crippen molar-refractivity contribution < 1.29 is 17.9 Å². The van der Waals surface area contributed by atoms with Gasteiger partial charge in [-0.2, -0.15) is 18.4 Å². The number of alkyl halides is 3. The first-order valence-electron chi connectivity index (χ1n) is 2.47. The Hall–Kier alpha value is -0.760. The fraction of sp³-hybridized carbons (Fsp3) is 0.800. The van der Waals surface area contributed by atoms with Gasteiger partial charge >= 0.3 is 6.18 Å². The first-order valence-corrected chi connectivity index (χ1v) is 2.47. The Morgan fingerprint density at radius 2 is 2.10 bits per heavy atom. The quantitative estimate of drug-likeness (QED) is 0.599. The molecule has 0 aromatic rings. The van der Waals surface area contributed by atoms with E-state index in [4.69, 9.17) is 5.26 Å². The number of ether oxygens (including phenoxy) is 1. The van der Waals surface area contributed by atoms with Gasteiger partial charge < -0.3 is 4.74 Å². The molecule has 0 heterocycles. The lowest BCUT2D eigenvalue weighted by atomic mass is 10.2. The summed E-state index contributed by atoms with van der Waals surface area (Å²) in [5, 5.41) is 7.94. The molecule has 10 heavy (non-hydrogen) atoms. The van der Waals surface area contributed by atoms with Gasteiger partial charge in [-0.1, -0.05) is 0 Å². The van der Waals surface area contributed by atoms with Crippen molar-refractivity contribution >= 4 is 0 Å². The van der Waals surface area contributed by atoms with E-state index in [9.17, 15) is 13.2 Å². The summed E-state index contributed by atoms with van der Waals surface area (Å²) in [6, 6.07) is 1.09. The minimum atomic E-state index is -4.47. The van der Waals surface area contributed by atoms with Crippen LogP contribution in [0.15, 0.2) is 0 Å². The van der Waals surface area contributed by atoms with Gasteiger partial charge in [0.05, 0.1) is 12.7 Å². The Labute approximate surface area is 56.2 Å². The zero-order chi connectivity index (χ0) is 8.20. The van der Waals surface area contributed by atoms with Gasteiger partial charge in [0.15, 0.2) is 5.92 Å². The van der Waals surface area contributed by atoms with Gasteiger partial charge in [0.25, 0.3) is 0 Å². The van der Waals surface area contributed by atoms with Crippen molar-refractivity contribution in [1.82, 2.24) is 0 Å². The van der Waals surface area contributed by atoms with E-state index in [2.05, 4.69) is 4.74 Å². The fourth-order valence-corrected chi connectivity index (χ4v) is 0.372. The predicted molar refractivity (Wildman–Crippen MR) is 27.0 cm³/mol. The highest BCUT2D eigenvalue weighted by Crippen LogP contribution is 2.25. The monoisotopic (exact) mass is 153 g/mol. The molecule has 0 rings (SSSR count). The highest BCUT2D eigenvalue weighted by atomic mass is 19.4. The van der Waals surface area contributed by atoms with E-state index in [0.29, 0.717) is 0 Å². The minimum absolute atomic E-state index is 0.597. The first kappa shape index (κ1) is 9.24. The van der Waals surface area contributed by atoms with Gasteiger partial charge in [0.2, 0.25) is 0 Å². The molecule has 0 N–H and O–H groups in total. The number of nitrogens with zero attached hydrogens (tertiary/aromatic N) is 1. The smallest absolute Gasteiger partial charge is 0.383 e. The molecular formula is C5H6F3NO. The summed E-state index contributed by atoms with van der Waals surface area (Å²) in [6.45, 7) is -0.597. The molecule has 58 valence electrons. The van der Waals surface area contributed by atoms with Crippen molar-refractivity contribution in [3.05, 3.63) is 0 Å². The third-order valence-electron chi connectivity index (χ3n) is 0.884. The lowest BCUT2D eigenvalue weighted by Gasteiger charge is -2.10. The Balaban J connectivity index is 3.98. The van der Waals surface area contributed by atoms with Crippen LogP contribution in [0.1, 0.15) is 0 Å². The summed E-state index contributed by atoms with van der Waals surface area (Å²) >= 11 is 0. The maximum atomic E-state index is 11.6. The third kappa shape index (κ3) is 2.69. The number of methoxy groups -OCH3 is 1. The molecule has 0 bridgehead atoms. The molecule has 5 heteroatoms. The molecule has 0 aromatic heterocycles. The topological polar surface area (TPSA) is 33.0 Å². The van der Waals surface area contributed by atoms with Crippen LogP contribution in [0.2, 0.25) is 0 Å². The van der Waals surface area contributed by atoms with Gasteiger partial charge in [0.1, 0.15) is 0 Å². The molecule has 0 radical (unpaired) electrons. The Morgan fingerprint density at radius 3 is 2.20 bits per heavy atom. The van der Waals surface area contributed by atoms with Crippen molar-refractivity contribution in [1.29, 1.82) is 5.26 Å². The van der Waals surface area contributed by atoms with Gasteiger partial charge in [-0.25, -0.2) is 0 Å². The molecular weight excluding hydrogens is 147 g/mol. The van der Waals surface area contributed by atoms with Crippen molar-refractivity contribution in [2.75, 3.05) is 13.7 Å². The van der Waals surface area contributed by atoms with E-state index in [1.165, 1.54) is 0 Å². The Morgan fingerprint density at radius 1 is 1.60 bits per heavy atom. The molecule has 0 aliphatic rings. The molecule has 0 fully saturated rings. The van der Waals surface area contributed by atoms with E-state index < -0.39 is 18.7 Å². The number of rotatable bonds is 2. The van der Waals surface area contributed by atoms with Gasteiger partial charge in [-0.3, -0.25) is 0 Å². The SMILES string of the molecule is COCC(C#N)C(F)(F)F. The maximum absolute atomic E-state index is 11.6. The largest absolute Gasteiger partial charge is 0.406 e. The van der Waals surface area contributed by atoms with Crippen molar-refractivity contribution in [3.8, 4) is 6.07 Å². The lowest BCUT2D eigenvalue weighted by molar-refractivity contribution is -0.169. The van der Waals surface area contributed by atoms with Crippen molar-refractivity contribution in [2.45, 2.75) is 6.18 Å². The predicted octanol–water partition coefficient (Wildman–Crippen LogP) is 1.33. The van der Waals surface area contributed by atoms with Crippen LogP contribution in [-0.4, -0.2) is 19.9 Å². The van der Waals surface area contributed by atoms with E-state index in [-0.39, 0.29) is 0 Å². The Kier molecular flexibility index (Phi) is 3.16. The molecule has 0 saturated heterocycles. The minimum Gasteiger partial charge on any atom is -0.383 e. The van der Waals surface area contributed by atoms with Crippen LogP contribution in [0.4, 0.5) is 13.2 Å². The zero-order valence-corrected chi connectivity index (χ0v) is 5.27. The molecule has 0 aromatic carbocycles. The van der Waals surface area contributed by atoms with Crippen molar-refractivity contribution in [3.63, 3.8) is 0 Å². The van der Waals surface area contributed by atoms with E-state index in [1.807, 2.05) is 0 Å². The van der Waals surface area contributed by atoms with Crippen LogP contribution in [0.25, 0.3) is 0 Å². The second-order valence-electron chi connectivity index (χ2n) is 1.68. The number of halogens is 3. The molecule has 1 atom stereocenters. The average Bonchev–Trinajstić information content (AvgIpc) is 1.80. The summed E-state index contributed by atoms with van der Waals surface area (Å²) in [6.07, 6.45) is -4.47. The van der Waals surface area contributed by atoms with Crippen LogP contribution in [0.5, 0.6) is 0 Å². The van der Waals surface area contributed by atoms with Crippen LogP contribution >= 0.6 is 0 Å². The summed E-state index contributed by atoms with van der Waals surface area (Å²) in [5.41, 5.74) is 0. The van der Waals surface area contributed by atoms with Crippen LogP contribution in [0, 0.1) is 17.2 Å². The molecule has 1 unspecified atom stereocenters. The van der Waals surface area contributed by atoms with Gasteiger partial charge in [-0.15, -0.1) is 0 Å². The number of hydrogen-bond acceptors (Lipinski definition) is 2. The summed E-state index contributed by atoms with van der Waals surface area (Å²) in [4.78, 5) is 0. The third-order valence-corrected chi connectivity index (χ3v) is 0.884. The fourth-order valence-electron chi connectivity index (χ4n) is 0.372. The standard InChI is InChI=1S/C5H6F3NO/c1-10-3-4(2-9)5(6,7)8/h4H,3H2,1H3. The Bertz CT molecular complexity index is 137. The first-order chi connectivity index (χ1) is 4.52. The molecule has 0 aliphatic heterocycles. The van der Waals surface area contributed by atoms with Crippen LogP contribution < -0.4 is 0 Å². The second kappa shape index (κ2) is 3.42. The average molecular weight is 153 g/mol. The van der Waals surface area contributed by atoms with E-state index in [1.54, 1.807) is 0 Å². The molecule has 0 spiro atoms. The van der Waals surface area contributed by atoms with Crippen LogP contribution in [0.3, 0.4) is 0 Å². The van der Waals surface area contributed by atoms with Gasteiger partial charge in [-0.05, 0) is 0 Å². The highest BCUT2D eigenvalue weighted by molar-refractivity contribution is 4.87. The normalized spacial score (nSPS) is 14.3. The highest BCUT2D eigenvalue weighted by Gasteiger charge is 2.39. The molecule has 0 amide bonds. The maximum Gasteiger partial charge on any atom is 0.406 e. The van der Waals surface area contributed by atoms with Crippen molar-refractivity contribution in [2.24, 2.45) is 5.92 Å². The van der Waals surface area contributed by atoms with E-state index >= 15 is 0 Å². The number of hydrogen-bond donors (Lipinski definition) is 0. The lowest BCUT2D eigenvalue weighted by Crippen LogP contribution is -2.25. The summed E-state index contributed by atoms with van der Waals surface area (Å²) in [7, 11) is 1.12.